The molecule has 3 aromatic carbocycles. The Morgan fingerprint density at radius 1 is 0.667 bits per heavy atom. The molecular formula is C30H39N3. The quantitative estimate of drug-likeness (QED) is 0.369. The largest absolute Gasteiger partial charge is 0.341 e. The standard InChI is InChI=1S/C30H39N3/c1-26-24-31(25-27(2)32(26)22-12-16-28-14-6-3-7-15-28)21-13-23-33(29-17-8-4-9-18-29)30-19-10-5-11-20-30/h3-11,14-15,17-20,26-27H,12-13,16,21-25H2,1-2H3/t26-,27-/m1/s1. The number of hydrogen-bond donors (Lipinski definition) is 0. The molecule has 0 spiro atoms. The van der Waals surface area contributed by atoms with Crippen LogP contribution in [0.2, 0.25) is 0 Å². The van der Waals surface area contributed by atoms with Gasteiger partial charge in [-0.15, -0.1) is 0 Å². The minimum Gasteiger partial charge on any atom is -0.341 e. The molecule has 4 rings (SSSR count). The second-order valence-electron chi connectivity index (χ2n) is 9.46. The van der Waals surface area contributed by atoms with Gasteiger partial charge in [-0.2, -0.15) is 0 Å². The van der Waals surface area contributed by atoms with Crippen LogP contribution in [0.15, 0.2) is 91.0 Å². The summed E-state index contributed by atoms with van der Waals surface area (Å²) in [6.45, 7) is 10.5. The summed E-state index contributed by atoms with van der Waals surface area (Å²) in [6.07, 6.45) is 3.58. The maximum atomic E-state index is 2.72. The number of anilines is 2. The first-order chi connectivity index (χ1) is 16.2. The van der Waals surface area contributed by atoms with E-state index >= 15 is 0 Å². The Hall–Kier alpha value is -2.62. The predicted octanol–water partition coefficient (Wildman–Crippen LogP) is 6.24. The van der Waals surface area contributed by atoms with Crippen LogP contribution in [0.4, 0.5) is 11.4 Å². The third-order valence-electron chi connectivity index (χ3n) is 6.89. The van der Waals surface area contributed by atoms with Crippen molar-refractivity contribution in [3.8, 4) is 0 Å². The first-order valence-corrected chi connectivity index (χ1v) is 12.6. The lowest BCUT2D eigenvalue weighted by atomic mass is 10.0. The number of benzene rings is 3. The van der Waals surface area contributed by atoms with E-state index in [1.165, 1.54) is 49.4 Å². The van der Waals surface area contributed by atoms with Gasteiger partial charge in [-0.1, -0.05) is 66.7 Å². The highest BCUT2D eigenvalue weighted by atomic mass is 15.3. The van der Waals surface area contributed by atoms with Crippen LogP contribution in [0.5, 0.6) is 0 Å². The molecule has 1 aliphatic heterocycles. The molecular weight excluding hydrogens is 402 g/mol. The summed E-state index contributed by atoms with van der Waals surface area (Å²) in [5.74, 6) is 0. The van der Waals surface area contributed by atoms with Crippen LogP contribution >= 0.6 is 0 Å². The van der Waals surface area contributed by atoms with E-state index in [9.17, 15) is 0 Å². The van der Waals surface area contributed by atoms with Crippen molar-refractivity contribution < 1.29 is 0 Å². The molecule has 0 radical (unpaired) electrons. The molecule has 2 atom stereocenters. The molecule has 3 heteroatoms. The van der Waals surface area contributed by atoms with Crippen molar-refractivity contribution in [2.24, 2.45) is 0 Å². The lowest BCUT2D eigenvalue weighted by Crippen LogP contribution is -2.57. The highest BCUT2D eigenvalue weighted by Gasteiger charge is 2.28. The van der Waals surface area contributed by atoms with Gasteiger partial charge < -0.3 is 9.80 Å². The Kier molecular flexibility index (Phi) is 8.57. The summed E-state index contributed by atoms with van der Waals surface area (Å²) in [4.78, 5) is 7.85. The number of para-hydroxylation sites is 2. The Bertz CT molecular complexity index is 877. The average molecular weight is 442 g/mol. The molecule has 1 fully saturated rings. The minimum absolute atomic E-state index is 0.615. The molecule has 1 saturated heterocycles. The van der Waals surface area contributed by atoms with Crippen LogP contribution in [0.3, 0.4) is 0 Å². The van der Waals surface area contributed by atoms with Crippen molar-refractivity contribution in [3.63, 3.8) is 0 Å². The fourth-order valence-corrected chi connectivity index (χ4v) is 5.28. The topological polar surface area (TPSA) is 9.72 Å². The second kappa shape index (κ2) is 12.0. The third kappa shape index (κ3) is 6.69. The maximum absolute atomic E-state index is 2.72. The summed E-state index contributed by atoms with van der Waals surface area (Å²) in [5, 5.41) is 0. The number of aryl methyl sites for hydroxylation is 1. The number of nitrogens with zero attached hydrogens (tertiary/aromatic N) is 3. The fraction of sp³-hybridized carbons (Fsp3) is 0.400. The van der Waals surface area contributed by atoms with E-state index in [0.717, 1.165) is 19.5 Å². The van der Waals surface area contributed by atoms with Crippen LogP contribution < -0.4 is 4.90 Å². The Labute approximate surface area is 200 Å². The van der Waals surface area contributed by atoms with E-state index in [1.807, 2.05) is 0 Å². The molecule has 0 aliphatic carbocycles. The van der Waals surface area contributed by atoms with Crippen molar-refractivity contribution in [3.05, 3.63) is 96.6 Å². The zero-order valence-corrected chi connectivity index (χ0v) is 20.3. The molecule has 3 aromatic rings. The molecule has 1 aliphatic rings. The summed E-state index contributed by atoms with van der Waals surface area (Å²) >= 11 is 0. The lowest BCUT2D eigenvalue weighted by Gasteiger charge is -2.44. The van der Waals surface area contributed by atoms with E-state index in [1.54, 1.807) is 0 Å². The van der Waals surface area contributed by atoms with Crippen molar-refractivity contribution >= 4 is 11.4 Å². The third-order valence-corrected chi connectivity index (χ3v) is 6.89. The highest BCUT2D eigenvalue weighted by Crippen LogP contribution is 2.25. The van der Waals surface area contributed by atoms with E-state index in [2.05, 4.69) is 120 Å². The molecule has 0 saturated carbocycles. The van der Waals surface area contributed by atoms with Gasteiger partial charge in [0.1, 0.15) is 0 Å². The van der Waals surface area contributed by atoms with Gasteiger partial charge in [0.05, 0.1) is 0 Å². The van der Waals surface area contributed by atoms with Crippen molar-refractivity contribution in [2.75, 3.05) is 37.6 Å². The van der Waals surface area contributed by atoms with Crippen LogP contribution in [-0.4, -0.2) is 54.6 Å². The van der Waals surface area contributed by atoms with Crippen LogP contribution in [0.25, 0.3) is 0 Å². The SMILES string of the molecule is C[C@@H]1CN(CCCN(c2ccccc2)c2ccccc2)C[C@@H](C)N1CCCc1ccccc1. The highest BCUT2D eigenvalue weighted by molar-refractivity contribution is 5.62. The van der Waals surface area contributed by atoms with Gasteiger partial charge in [0, 0.05) is 43.1 Å². The zero-order chi connectivity index (χ0) is 22.9. The van der Waals surface area contributed by atoms with Crippen LogP contribution in [-0.2, 0) is 6.42 Å². The smallest absolute Gasteiger partial charge is 0.0410 e. The second-order valence-corrected chi connectivity index (χ2v) is 9.46. The minimum atomic E-state index is 0.615. The van der Waals surface area contributed by atoms with E-state index in [4.69, 9.17) is 0 Å². The number of hydrogen-bond acceptors (Lipinski definition) is 3. The zero-order valence-electron chi connectivity index (χ0n) is 20.3. The van der Waals surface area contributed by atoms with E-state index in [0.29, 0.717) is 12.1 Å². The molecule has 33 heavy (non-hydrogen) atoms. The first-order valence-electron chi connectivity index (χ1n) is 12.6. The monoisotopic (exact) mass is 441 g/mol. The Balaban J connectivity index is 1.26. The molecule has 0 N–H and O–H groups in total. The van der Waals surface area contributed by atoms with Crippen LogP contribution in [0.1, 0.15) is 32.3 Å². The maximum Gasteiger partial charge on any atom is 0.0410 e. The molecule has 174 valence electrons. The van der Waals surface area contributed by atoms with Gasteiger partial charge in [-0.3, -0.25) is 4.90 Å². The molecule has 0 amide bonds. The van der Waals surface area contributed by atoms with Crippen molar-refractivity contribution in [1.29, 1.82) is 0 Å². The molecule has 0 aromatic heterocycles. The summed E-state index contributed by atoms with van der Waals surface area (Å²) in [5.41, 5.74) is 4.00. The summed E-state index contributed by atoms with van der Waals surface area (Å²) < 4.78 is 0. The van der Waals surface area contributed by atoms with Gasteiger partial charge in [-0.25, -0.2) is 0 Å². The van der Waals surface area contributed by atoms with Gasteiger partial charge in [0.15, 0.2) is 0 Å². The summed E-state index contributed by atoms with van der Waals surface area (Å²) in [7, 11) is 0. The van der Waals surface area contributed by atoms with Gasteiger partial charge in [-0.05, 0) is 76.0 Å². The lowest BCUT2D eigenvalue weighted by molar-refractivity contribution is 0.0381. The van der Waals surface area contributed by atoms with Crippen LogP contribution in [0, 0.1) is 0 Å². The van der Waals surface area contributed by atoms with Crippen molar-refractivity contribution in [2.45, 2.75) is 45.2 Å². The first kappa shape index (κ1) is 23.5. The Morgan fingerprint density at radius 3 is 1.73 bits per heavy atom. The van der Waals surface area contributed by atoms with Gasteiger partial charge >= 0.3 is 0 Å². The molecule has 3 nitrogen and oxygen atoms in total. The fourth-order valence-electron chi connectivity index (χ4n) is 5.28. The van der Waals surface area contributed by atoms with E-state index < -0.39 is 0 Å². The molecule has 1 heterocycles. The molecule has 0 unspecified atom stereocenters. The van der Waals surface area contributed by atoms with E-state index in [-0.39, 0.29) is 0 Å². The predicted molar refractivity (Wildman–Crippen MR) is 141 cm³/mol. The van der Waals surface area contributed by atoms with Crippen molar-refractivity contribution in [1.82, 2.24) is 9.80 Å². The average Bonchev–Trinajstić information content (AvgIpc) is 2.85. The summed E-state index contributed by atoms with van der Waals surface area (Å²) in [6, 6.07) is 33.7. The van der Waals surface area contributed by atoms with Gasteiger partial charge in [0.2, 0.25) is 0 Å². The number of piperazine rings is 1. The van der Waals surface area contributed by atoms with Gasteiger partial charge in [0.25, 0.3) is 0 Å². The number of rotatable bonds is 10. The molecule has 0 bridgehead atoms. The Morgan fingerprint density at radius 2 is 1.18 bits per heavy atom. The normalized spacial score (nSPS) is 19.5.